The van der Waals surface area contributed by atoms with Gasteiger partial charge in [0.15, 0.2) is 15.6 Å². The fourth-order valence-corrected chi connectivity index (χ4v) is 6.26. The topological polar surface area (TPSA) is 91.8 Å². The number of sulfone groups is 1. The Hall–Kier alpha value is -3.40. The fraction of sp³-hybridized carbons (Fsp3) is 0.280. The van der Waals surface area contributed by atoms with Crippen LogP contribution in [0.1, 0.15) is 36.3 Å². The number of alkyl halides is 3. The molecule has 2 aromatic rings. The Balaban J connectivity index is 2.00. The number of benzene rings is 2. The molecule has 0 saturated heterocycles. The lowest BCUT2D eigenvalue weighted by Crippen LogP contribution is -2.38. The van der Waals surface area contributed by atoms with Crippen molar-refractivity contribution in [3.05, 3.63) is 88.3 Å². The molecule has 0 radical (unpaired) electrons. The summed E-state index contributed by atoms with van der Waals surface area (Å²) in [5, 5.41) is 10.2. The van der Waals surface area contributed by atoms with Gasteiger partial charge in [0.05, 0.1) is 21.8 Å². The van der Waals surface area contributed by atoms with Crippen molar-refractivity contribution in [1.82, 2.24) is 4.90 Å². The lowest BCUT2D eigenvalue weighted by atomic mass is 9.73. The number of carbonyl (C=O) groups excluding carboxylic acids is 1. The Morgan fingerprint density at radius 1 is 1.06 bits per heavy atom. The van der Waals surface area contributed by atoms with Crippen molar-refractivity contribution < 1.29 is 36.3 Å². The first-order chi connectivity index (χ1) is 16.4. The average Bonchev–Trinajstić information content (AvgIpc) is 2.80. The summed E-state index contributed by atoms with van der Waals surface area (Å²) in [4.78, 5) is 26.9. The number of Topliss-reactive ketones (excluding diaryl/α,β-unsaturated/α-hetero) is 1. The van der Waals surface area contributed by atoms with Gasteiger partial charge in [-0.2, -0.15) is 13.2 Å². The van der Waals surface area contributed by atoms with Gasteiger partial charge in [-0.1, -0.05) is 36.4 Å². The highest BCUT2D eigenvalue weighted by atomic mass is 32.2. The van der Waals surface area contributed by atoms with Crippen molar-refractivity contribution in [2.45, 2.75) is 36.3 Å². The van der Waals surface area contributed by atoms with Gasteiger partial charge in [-0.3, -0.25) is 4.79 Å². The minimum absolute atomic E-state index is 0.0197. The van der Waals surface area contributed by atoms with Gasteiger partial charge in [0.2, 0.25) is 0 Å². The summed E-state index contributed by atoms with van der Waals surface area (Å²) in [6.07, 6.45) is -4.00. The van der Waals surface area contributed by atoms with Crippen molar-refractivity contribution in [2.75, 3.05) is 12.8 Å². The van der Waals surface area contributed by atoms with Crippen LogP contribution in [0.25, 0.3) is 0 Å². The van der Waals surface area contributed by atoms with E-state index in [1.165, 1.54) is 48.3 Å². The molecule has 0 bridgehead atoms. The van der Waals surface area contributed by atoms with E-state index in [0.717, 1.165) is 12.1 Å². The monoisotopic (exact) mass is 505 g/mol. The largest absolute Gasteiger partial charge is 0.478 e. The average molecular weight is 506 g/mol. The van der Waals surface area contributed by atoms with Crippen LogP contribution in [0.4, 0.5) is 13.2 Å². The van der Waals surface area contributed by atoms with Crippen molar-refractivity contribution in [1.29, 1.82) is 0 Å². The first kappa shape index (κ1) is 24.7. The number of carbonyl (C=O) groups is 2. The molecular weight excluding hydrogens is 483 g/mol. The summed E-state index contributed by atoms with van der Waals surface area (Å²) in [6, 6.07) is 11.9. The molecule has 1 N–H and O–H groups in total. The first-order valence-corrected chi connectivity index (χ1v) is 12.5. The van der Waals surface area contributed by atoms with Crippen LogP contribution in [0, 0.1) is 0 Å². The van der Waals surface area contributed by atoms with Gasteiger partial charge in [0, 0.05) is 36.4 Å². The Morgan fingerprint density at radius 2 is 1.69 bits per heavy atom. The third kappa shape index (κ3) is 4.50. The maximum Gasteiger partial charge on any atom is 0.416 e. The first-order valence-electron chi connectivity index (χ1n) is 10.8. The van der Waals surface area contributed by atoms with Crippen molar-refractivity contribution in [3.63, 3.8) is 0 Å². The van der Waals surface area contributed by atoms with Crippen LogP contribution in [0.3, 0.4) is 0 Å². The second-order valence-corrected chi connectivity index (χ2v) is 10.4. The second kappa shape index (κ2) is 8.99. The molecule has 6 nitrogen and oxygen atoms in total. The molecule has 1 heterocycles. The van der Waals surface area contributed by atoms with Crippen LogP contribution in [-0.4, -0.2) is 43.0 Å². The van der Waals surface area contributed by atoms with Crippen molar-refractivity contribution >= 4 is 21.6 Å². The molecule has 184 valence electrons. The zero-order valence-electron chi connectivity index (χ0n) is 18.7. The summed E-state index contributed by atoms with van der Waals surface area (Å²) in [6.45, 7) is 0. The Bertz CT molecular complexity index is 1360. The molecule has 35 heavy (non-hydrogen) atoms. The predicted molar refractivity (Wildman–Crippen MR) is 121 cm³/mol. The summed E-state index contributed by atoms with van der Waals surface area (Å²) in [7, 11) is -2.59. The highest BCUT2D eigenvalue weighted by molar-refractivity contribution is 7.91. The minimum atomic E-state index is -4.81. The zero-order chi connectivity index (χ0) is 25.5. The molecule has 0 spiro atoms. The Labute approximate surface area is 200 Å². The van der Waals surface area contributed by atoms with Crippen LogP contribution >= 0.6 is 0 Å². The molecule has 2 aliphatic rings. The summed E-state index contributed by atoms with van der Waals surface area (Å²) >= 11 is 0. The van der Waals surface area contributed by atoms with E-state index in [-0.39, 0.29) is 28.1 Å². The molecule has 0 amide bonds. The van der Waals surface area contributed by atoms with Gasteiger partial charge in [0.25, 0.3) is 0 Å². The number of aliphatic carboxylic acids is 1. The predicted octanol–water partition coefficient (Wildman–Crippen LogP) is 4.55. The van der Waals surface area contributed by atoms with Crippen molar-refractivity contribution in [2.24, 2.45) is 0 Å². The van der Waals surface area contributed by atoms with Crippen LogP contribution in [-0.2, 0) is 25.6 Å². The highest BCUT2D eigenvalue weighted by Crippen LogP contribution is 2.48. The molecule has 0 saturated carbocycles. The molecule has 1 unspecified atom stereocenters. The Kier molecular flexibility index (Phi) is 6.35. The van der Waals surface area contributed by atoms with Gasteiger partial charge >= 0.3 is 12.1 Å². The number of allylic oxidation sites excluding steroid dienone is 2. The lowest BCUT2D eigenvalue weighted by Gasteiger charge is -2.40. The number of nitrogens with zero attached hydrogens (tertiary/aromatic N) is 1. The van der Waals surface area contributed by atoms with E-state index < -0.39 is 50.6 Å². The zero-order valence-corrected chi connectivity index (χ0v) is 19.5. The number of carboxylic acid groups (broad SMARTS) is 1. The smallest absolute Gasteiger partial charge is 0.416 e. The standard InChI is InChI=1S/C25H22F3NO5S/c1-29-18-12-7-13-20(30)22(18)21(16-10-5-6-11-17(16)25(26,27)28)23(24(31)32)19(29)14-35(33,34)15-8-3-2-4-9-15/h2-6,8-11,21H,7,12-14H2,1H3,(H,31,32). The fourth-order valence-electron chi connectivity index (χ4n) is 4.81. The second-order valence-electron chi connectivity index (χ2n) is 8.45. The van der Waals surface area contributed by atoms with Crippen LogP contribution in [0.15, 0.2) is 82.0 Å². The molecule has 1 aliphatic heterocycles. The molecule has 1 aliphatic carbocycles. The molecule has 0 aromatic heterocycles. The summed E-state index contributed by atoms with van der Waals surface area (Å²) in [5.41, 5.74) is -1.82. The number of hydrogen-bond acceptors (Lipinski definition) is 5. The van der Waals surface area contributed by atoms with Gasteiger partial charge in [-0.15, -0.1) is 0 Å². The number of hydrogen-bond donors (Lipinski definition) is 1. The quantitative estimate of drug-likeness (QED) is 0.641. The van der Waals surface area contributed by atoms with Crippen LogP contribution in [0.2, 0.25) is 0 Å². The maximum absolute atomic E-state index is 13.9. The molecule has 1 atom stereocenters. The highest BCUT2D eigenvalue weighted by Gasteiger charge is 2.45. The third-order valence-corrected chi connectivity index (χ3v) is 8.01. The van der Waals surface area contributed by atoms with Gasteiger partial charge in [-0.25, -0.2) is 13.2 Å². The van der Waals surface area contributed by atoms with E-state index in [2.05, 4.69) is 0 Å². The molecule has 4 rings (SSSR count). The third-order valence-electron chi connectivity index (χ3n) is 6.36. The normalized spacial score (nSPS) is 19.1. The van der Waals surface area contributed by atoms with Crippen molar-refractivity contribution in [3.8, 4) is 0 Å². The number of rotatable bonds is 5. The number of halogens is 3. The molecule has 10 heteroatoms. The van der Waals surface area contributed by atoms with E-state index in [0.29, 0.717) is 18.5 Å². The van der Waals surface area contributed by atoms with Crippen LogP contribution in [0.5, 0.6) is 0 Å². The summed E-state index contributed by atoms with van der Waals surface area (Å²) in [5.74, 6) is -4.32. The van der Waals surface area contributed by atoms with Gasteiger partial charge in [-0.05, 0) is 36.6 Å². The van der Waals surface area contributed by atoms with E-state index in [9.17, 15) is 36.3 Å². The number of carboxylic acids is 1. The Morgan fingerprint density at radius 3 is 2.31 bits per heavy atom. The SMILES string of the molecule is CN1C(CS(=O)(=O)c2ccccc2)=C(C(=O)O)C(c2ccccc2C(F)(F)F)C2=C1CCCC2=O. The van der Waals surface area contributed by atoms with E-state index in [1.807, 2.05) is 0 Å². The molecule has 2 aromatic carbocycles. The molecular formula is C25H22F3NO5S. The minimum Gasteiger partial charge on any atom is -0.478 e. The van der Waals surface area contributed by atoms with E-state index in [1.54, 1.807) is 6.07 Å². The van der Waals surface area contributed by atoms with E-state index in [4.69, 9.17) is 0 Å². The number of ketones is 1. The van der Waals surface area contributed by atoms with Gasteiger partial charge < -0.3 is 10.0 Å². The maximum atomic E-state index is 13.9. The molecule has 0 fully saturated rings. The van der Waals surface area contributed by atoms with E-state index >= 15 is 0 Å². The van der Waals surface area contributed by atoms with Gasteiger partial charge in [0.1, 0.15) is 0 Å². The van der Waals surface area contributed by atoms with Crippen LogP contribution < -0.4 is 0 Å². The summed E-state index contributed by atoms with van der Waals surface area (Å²) < 4.78 is 68.2. The lowest BCUT2D eigenvalue weighted by molar-refractivity contribution is -0.139.